The standard InChI is InChI=1S/C19H23ClN2O2/c1-19(7-2-8-19)18(24)22-9-5-12(6-10-22)16-14-4-3-13(20)11-15(14)21-17(16)23/h3-4,11-12,16H,2,5-10H2,1H3,(H,21,23). The predicted molar refractivity (Wildman–Crippen MR) is 94.1 cm³/mol. The Morgan fingerprint density at radius 2 is 2.00 bits per heavy atom. The number of fused-ring (bicyclic) bond motifs is 1. The van der Waals surface area contributed by atoms with Gasteiger partial charge in [-0.1, -0.05) is 31.0 Å². The van der Waals surface area contributed by atoms with E-state index < -0.39 is 0 Å². The van der Waals surface area contributed by atoms with Crippen LogP contribution in [0.1, 0.15) is 50.5 Å². The Morgan fingerprint density at radius 1 is 1.29 bits per heavy atom. The zero-order valence-electron chi connectivity index (χ0n) is 14.0. The number of benzene rings is 1. The topological polar surface area (TPSA) is 49.4 Å². The van der Waals surface area contributed by atoms with E-state index in [-0.39, 0.29) is 17.2 Å². The molecule has 24 heavy (non-hydrogen) atoms. The van der Waals surface area contributed by atoms with E-state index in [2.05, 4.69) is 12.2 Å². The highest BCUT2D eigenvalue weighted by Gasteiger charge is 2.44. The molecule has 4 nitrogen and oxygen atoms in total. The maximum absolute atomic E-state index is 12.7. The largest absolute Gasteiger partial charge is 0.342 e. The Morgan fingerprint density at radius 3 is 2.62 bits per heavy atom. The summed E-state index contributed by atoms with van der Waals surface area (Å²) < 4.78 is 0. The first-order valence-electron chi connectivity index (χ1n) is 8.88. The maximum Gasteiger partial charge on any atom is 0.232 e. The van der Waals surface area contributed by atoms with Gasteiger partial charge in [-0.15, -0.1) is 0 Å². The van der Waals surface area contributed by atoms with Crippen LogP contribution in [-0.4, -0.2) is 29.8 Å². The SMILES string of the molecule is CC1(C(=O)N2CCC(C3C(=O)Nc4cc(Cl)ccc43)CC2)CCC1. The van der Waals surface area contributed by atoms with Crippen molar-refractivity contribution in [1.29, 1.82) is 0 Å². The molecule has 1 saturated carbocycles. The van der Waals surface area contributed by atoms with Gasteiger partial charge in [0.2, 0.25) is 11.8 Å². The number of anilines is 1. The highest BCUT2D eigenvalue weighted by Crippen LogP contribution is 2.45. The summed E-state index contributed by atoms with van der Waals surface area (Å²) >= 11 is 6.03. The average Bonchev–Trinajstić information content (AvgIpc) is 2.87. The second-order valence-electron chi connectivity index (χ2n) is 7.74. The van der Waals surface area contributed by atoms with Crippen LogP contribution in [-0.2, 0) is 9.59 Å². The third-order valence-electron chi connectivity index (χ3n) is 6.16. The number of carbonyl (C=O) groups is 2. The minimum absolute atomic E-state index is 0.0722. The molecule has 0 spiro atoms. The van der Waals surface area contributed by atoms with Crippen molar-refractivity contribution >= 4 is 29.1 Å². The molecule has 3 aliphatic rings. The minimum atomic E-state index is -0.124. The van der Waals surface area contributed by atoms with Crippen LogP contribution in [0, 0.1) is 11.3 Å². The summed E-state index contributed by atoms with van der Waals surface area (Å²) in [4.78, 5) is 27.1. The molecule has 1 aromatic rings. The first-order valence-corrected chi connectivity index (χ1v) is 9.25. The second kappa shape index (κ2) is 5.76. The summed E-state index contributed by atoms with van der Waals surface area (Å²) in [5.41, 5.74) is 1.78. The van der Waals surface area contributed by atoms with Crippen LogP contribution in [0.15, 0.2) is 18.2 Å². The highest BCUT2D eigenvalue weighted by molar-refractivity contribution is 6.31. The summed E-state index contributed by atoms with van der Waals surface area (Å²) in [6.07, 6.45) is 4.99. The van der Waals surface area contributed by atoms with Crippen LogP contribution < -0.4 is 5.32 Å². The van der Waals surface area contributed by atoms with Gasteiger partial charge in [0, 0.05) is 29.2 Å². The van der Waals surface area contributed by atoms with Gasteiger partial charge in [0.15, 0.2) is 0 Å². The lowest BCUT2D eigenvalue weighted by Gasteiger charge is -2.43. The third kappa shape index (κ3) is 2.52. The normalized spacial score (nSPS) is 25.8. The number of rotatable bonds is 2. The van der Waals surface area contributed by atoms with E-state index in [1.165, 1.54) is 6.42 Å². The average molecular weight is 347 g/mol. The highest BCUT2D eigenvalue weighted by atomic mass is 35.5. The number of nitrogens with zero attached hydrogens (tertiary/aromatic N) is 1. The van der Waals surface area contributed by atoms with Gasteiger partial charge in [0.05, 0.1) is 5.92 Å². The summed E-state index contributed by atoms with van der Waals surface area (Å²) in [6.45, 7) is 3.63. The van der Waals surface area contributed by atoms with Crippen molar-refractivity contribution in [2.24, 2.45) is 11.3 Å². The van der Waals surface area contributed by atoms with Crippen LogP contribution in [0.25, 0.3) is 0 Å². The van der Waals surface area contributed by atoms with Crippen LogP contribution in [0.4, 0.5) is 5.69 Å². The first-order chi connectivity index (χ1) is 11.5. The van der Waals surface area contributed by atoms with Gasteiger partial charge in [-0.2, -0.15) is 0 Å². The molecule has 1 unspecified atom stereocenters. The Hall–Kier alpha value is -1.55. The van der Waals surface area contributed by atoms with Crippen molar-refractivity contribution in [3.63, 3.8) is 0 Å². The molecule has 1 atom stereocenters. The molecule has 2 fully saturated rings. The number of piperidine rings is 1. The third-order valence-corrected chi connectivity index (χ3v) is 6.40. The molecule has 5 heteroatoms. The van der Waals surface area contributed by atoms with Crippen LogP contribution in [0.3, 0.4) is 0 Å². The van der Waals surface area contributed by atoms with Crippen LogP contribution >= 0.6 is 11.6 Å². The van der Waals surface area contributed by atoms with Crippen molar-refractivity contribution in [2.45, 2.75) is 44.9 Å². The van der Waals surface area contributed by atoms with Crippen LogP contribution in [0.2, 0.25) is 5.02 Å². The maximum atomic E-state index is 12.7. The predicted octanol–water partition coefficient (Wildman–Crippen LogP) is 3.80. The van der Waals surface area contributed by atoms with Crippen LogP contribution in [0.5, 0.6) is 0 Å². The summed E-state index contributed by atoms with van der Waals surface area (Å²) in [5, 5.41) is 3.60. The lowest BCUT2D eigenvalue weighted by molar-refractivity contribution is -0.147. The number of carbonyl (C=O) groups excluding carboxylic acids is 2. The van der Waals surface area contributed by atoms with E-state index in [1.807, 2.05) is 23.1 Å². The fourth-order valence-electron chi connectivity index (χ4n) is 4.47. The number of halogens is 1. The molecule has 2 heterocycles. The molecular formula is C19H23ClN2O2. The molecule has 2 amide bonds. The Kier molecular flexibility index (Phi) is 3.83. The van der Waals surface area contributed by atoms with Crippen molar-refractivity contribution < 1.29 is 9.59 Å². The van der Waals surface area contributed by atoms with Gasteiger partial charge in [-0.3, -0.25) is 9.59 Å². The monoisotopic (exact) mass is 346 g/mol. The first kappa shape index (κ1) is 15.9. The lowest BCUT2D eigenvalue weighted by Crippen LogP contribution is -2.49. The van der Waals surface area contributed by atoms with E-state index in [0.29, 0.717) is 16.8 Å². The number of hydrogen-bond acceptors (Lipinski definition) is 2. The van der Waals surface area contributed by atoms with Gasteiger partial charge >= 0.3 is 0 Å². The zero-order chi connectivity index (χ0) is 16.9. The molecule has 0 aromatic heterocycles. The van der Waals surface area contributed by atoms with Gasteiger partial charge in [-0.25, -0.2) is 0 Å². The molecule has 1 N–H and O–H groups in total. The molecular weight excluding hydrogens is 324 g/mol. The van der Waals surface area contributed by atoms with Gasteiger partial charge in [0.1, 0.15) is 0 Å². The number of amides is 2. The zero-order valence-corrected chi connectivity index (χ0v) is 14.7. The lowest BCUT2D eigenvalue weighted by atomic mass is 9.69. The number of likely N-dealkylation sites (tertiary alicyclic amines) is 1. The molecule has 1 aliphatic carbocycles. The fraction of sp³-hybridized carbons (Fsp3) is 0.579. The van der Waals surface area contributed by atoms with Crippen molar-refractivity contribution in [3.8, 4) is 0 Å². The molecule has 1 aromatic carbocycles. The minimum Gasteiger partial charge on any atom is -0.342 e. The Balaban J connectivity index is 1.45. The van der Waals surface area contributed by atoms with E-state index >= 15 is 0 Å². The summed E-state index contributed by atoms with van der Waals surface area (Å²) in [6, 6.07) is 5.64. The number of nitrogens with one attached hydrogen (secondary N) is 1. The summed E-state index contributed by atoms with van der Waals surface area (Å²) in [7, 11) is 0. The van der Waals surface area contributed by atoms with E-state index in [9.17, 15) is 9.59 Å². The quantitative estimate of drug-likeness (QED) is 0.885. The molecule has 2 aliphatic heterocycles. The van der Waals surface area contributed by atoms with Crippen molar-refractivity contribution in [1.82, 2.24) is 4.90 Å². The molecule has 1 saturated heterocycles. The van der Waals surface area contributed by atoms with Gasteiger partial charge in [0.25, 0.3) is 0 Å². The molecule has 4 rings (SSSR count). The van der Waals surface area contributed by atoms with E-state index in [0.717, 1.165) is 50.0 Å². The fourth-order valence-corrected chi connectivity index (χ4v) is 4.64. The van der Waals surface area contributed by atoms with E-state index in [1.54, 1.807) is 0 Å². The smallest absolute Gasteiger partial charge is 0.232 e. The Bertz CT molecular complexity index is 691. The molecule has 0 bridgehead atoms. The Labute approximate surface area is 147 Å². The molecule has 0 radical (unpaired) electrons. The molecule has 128 valence electrons. The van der Waals surface area contributed by atoms with Gasteiger partial charge < -0.3 is 10.2 Å². The second-order valence-corrected chi connectivity index (χ2v) is 8.18. The van der Waals surface area contributed by atoms with Gasteiger partial charge in [-0.05, 0) is 49.3 Å². The van der Waals surface area contributed by atoms with Crippen molar-refractivity contribution in [2.75, 3.05) is 18.4 Å². The van der Waals surface area contributed by atoms with E-state index in [4.69, 9.17) is 11.6 Å². The number of hydrogen-bond donors (Lipinski definition) is 1. The summed E-state index contributed by atoms with van der Waals surface area (Å²) in [5.74, 6) is 0.581. The van der Waals surface area contributed by atoms with Crippen molar-refractivity contribution in [3.05, 3.63) is 28.8 Å².